The van der Waals surface area contributed by atoms with Crippen molar-refractivity contribution in [3.63, 3.8) is 0 Å². The molecule has 32 heavy (non-hydrogen) atoms. The first kappa shape index (κ1) is 21.9. The van der Waals surface area contributed by atoms with E-state index >= 15 is 0 Å². The van der Waals surface area contributed by atoms with Crippen LogP contribution in [0.25, 0.3) is 0 Å². The maximum Gasteiger partial charge on any atom is 0.261 e. The molecule has 0 aromatic heterocycles. The van der Waals surface area contributed by atoms with Crippen molar-refractivity contribution < 1.29 is 18.0 Å². The Morgan fingerprint density at radius 2 is 1.66 bits per heavy atom. The second kappa shape index (κ2) is 9.02. The minimum Gasteiger partial charge on any atom is -0.322 e. The average molecular weight is 470 g/mol. The lowest BCUT2D eigenvalue weighted by Gasteiger charge is -2.16. The molecule has 9 heteroatoms. The highest BCUT2D eigenvalue weighted by molar-refractivity contribution is 7.92. The normalized spacial score (nSPS) is 13.8. The predicted molar refractivity (Wildman–Crippen MR) is 125 cm³/mol. The van der Waals surface area contributed by atoms with Crippen molar-refractivity contribution in [2.45, 2.75) is 17.7 Å². The predicted octanol–water partition coefficient (Wildman–Crippen LogP) is 4.52. The molecule has 0 spiro atoms. The van der Waals surface area contributed by atoms with Gasteiger partial charge in [-0.15, -0.1) is 0 Å². The van der Waals surface area contributed by atoms with Gasteiger partial charge in [-0.2, -0.15) is 0 Å². The first-order chi connectivity index (χ1) is 15.3. The Balaban J connectivity index is 1.45. The third-order valence-electron chi connectivity index (χ3n) is 5.01. The zero-order valence-corrected chi connectivity index (χ0v) is 18.5. The van der Waals surface area contributed by atoms with Crippen LogP contribution in [0.1, 0.15) is 23.2 Å². The van der Waals surface area contributed by atoms with Crippen molar-refractivity contribution in [2.24, 2.45) is 0 Å². The van der Waals surface area contributed by atoms with Crippen LogP contribution in [0.5, 0.6) is 0 Å². The summed E-state index contributed by atoms with van der Waals surface area (Å²) in [7, 11) is -3.81. The minimum absolute atomic E-state index is 0.0264. The van der Waals surface area contributed by atoms with Gasteiger partial charge >= 0.3 is 0 Å². The first-order valence-corrected chi connectivity index (χ1v) is 11.8. The molecule has 164 valence electrons. The van der Waals surface area contributed by atoms with E-state index in [2.05, 4.69) is 10.0 Å². The van der Waals surface area contributed by atoms with Crippen LogP contribution in [-0.2, 0) is 14.8 Å². The molecule has 0 saturated carbocycles. The Labute approximate surface area is 191 Å². The number of amides is 2. The Kier molecular flexibility index (Phi) is 6.16. The standard InChI is InChI=1S/C23H20ClN3O4S/c24-17-8-10-18(11-9-17)26-32(30,31)21-12-6-16(7-13-21)23(29)25-19-3-1-4-20(15-19)27-14-2-5-22(27)28/h1,3-4,6-13,15,26H,2,5,14H2,(H,25,29). The molecule has 3 aromatic carbocycles. The Morgan fingerprint density at radius 3 is 2.31 bits per heavy atom. The fraction of sp³-hybridized carbons (Fsp3) is 0.130. The van der Waals surface area contributed by atoms with Gasteiger partial charge in [-0.3, -0.25) is 14.3 Å². The molecule has 1 saturated heterocycles. The van der Waals surface area contributed by atoms with Crippen LogP contribution in [0.4, 0.5) is 17.1 Å². The van der Waals surface area contributed by atoms with Gasteiger partial charge in [0, 0.05) is 40.6 Å². The van der Waals surface area contributed by atoms with E-state index in [-0.39, 0.29) is 16.7 Å². The molecule has 1 aliphatic heterocycles. The first-order valence-electron chi connectivity index (χ1n) is 9.92. The molecule has 0 aliphatic carbocycles. The average Bonchev–Trinajstić information content (AvgIpc) is 3.21. The molecule has 0 unspecified atom stereocenters. The fourth-order valence-corrected chi connectivity index (χ4v) is 4.58. The second-order valence-electron chi connectivity index (χ2n) is 7.29. The van der Waals surface area contributed by atoms with E-state index in [1.54, 1.807) is 47.4 Å². The van der Waals surface area contributed by atoms with Crippen LogP contribution >= 0.6 is 11.6 Å². The van der Waals surface area contributed by atoms with E-state index in [1.807, 2.05) is 6.07 Å². The molecular formula is C23H20ClN3O4S. The Morgan fingerprint density at radius 1 is 0.938 bits per heavy atom. The van der Waals surface area contributed by atoms with Gasteiger partial charge in [-0.05, 0) is 73.2 Å². The number of hydrogen-bond donors (Lipinski definition) is 2. The summed E-state index contributed by atoms with van der Waals surface area (Å²) in [6.45, 7) is 0.663. The SMILES string of the molecule is O=C(Nc1cccc(N2CCCC2=O)c1)c1ccc(S(=O)(=O)Nc2ccc(Cl)cc2)cc1. The molecule has 0 atom stereocenters. The summed E-state index contributed by atoms with van der Waals surface area (Å²) in [5, 5.41) is 3.29. The van der Waals surface area contributed by atoms with E-state index in [0.717, 1.165) is 12.1 Å². The van der Waals surface area contributed by atoms with Crippen molar-refractivity contribution in [1.82, 2.24) is 0 Å². The number of nitrogens with one attached hydrogen (secondary N) is 2. The topological polar surface area (TPSA) is 95.6 Å². The number of sulfonamides is 1. The molecule has 0 radical (unpaired) electrons. The molecule has 0 bridgehead atoms. The largest absolute Gasteiger partial charge is 0.322 e. The van der Waals surface area contributed by atoms with Crippen LogP contribution in [0.2, 0.25) is 5.02 Å². The highest BCUT2D eigenvalue weighted by Crippen LogP contribution is 2.25. The fourth-order valence-electron chi connectivity index (χ4n) is 3.39. The summed E-state index contributed by atoms with van der Waals surface area (Å²) in [5.74, 6) is -0.318. The molecule has 2 amide bonds. The number of hydrogen-bond acceptors (Lipinski definition) is 4. The van der Waals surface area contributed by atoms with E-state index in [1.165, 1.54) is 24.3 Å². The number of anilines is 3. The molecule has 4 rings (SSSR count). The number of nitrogens with zero attached hydrogens (tertiary/aromatic N) is 1. The maximum atomic E-state index is 12.6. The van der Waals surface area contributed by atoms with E-state index in [0.29, 0.717) is 34.9 Å². The van der Waals surface area contributed by atoms with Gasteiger partial charge in [0.2, 0.25) is 5.91 Å². The minimum atomic E-state index is -3.81. The van der Waals surface area contributed by atoms with Gasteiger partial charge in [0.25, 0.3) is 15.9 Å². The lowest BCUT2D eigenvalue weighted by Crippen LogP contribution is -2.23. The van der Waals surface area contributed by atoms with Crippen molar-refractivity contribution in [3.05, 3.63) is 83.4 Å². The Hall–Kier alpha value is -3.36. The highest BCUT2D eigenvalue weighted by atomic mass is 35.5. The monoisotopic (exact) mass is 469 g/mol. The zero-order valence-electron chi connectivity index (χ0n) is 16.9. The number of carbonyl (C=O) groups is 2. The zero-order chi connectivity index (χ0) is 22.7. The third-order valence-corrected chi connectivity index (χ3v) is 6.66. The number of rotatable bonds is 6. The smallest absolute Gasteiger partial charge is 0.261 e. The molecular weight excluding hydrogens is 450 g/mol. The van der Waals surface area contributed by atoms with Gasteiger partial charge in [-0.25, -0.2) is 8.42 Å². The third kappa shape index (κ3) is 4.92. The maximum absolute atomic E-state index is 12.6. The lowest BCUT2D eigenvalue weighted by molar-refractivity contribution is -0.117. The van der Waals surface area contributed by atoms with Gasteiger partial charge in [-0.1, -0.05) is 17.7 Å². The van der Waals surface area contributed by atoms with Crippen LogP contribution < -0.4 is 14.9 Å². The molecule has 1 fully saturated rings. The van der Waals surface area contributed by atoms with Gasteiger partial charge in [0.15, 0.2) is 0 Å². The van der Waals surface area contributed by atoms with Crippen molar-refractivity contribution in [1.29, 1.82) is 0 Å². The molecule has 1 aliphatic rings. The number of benzene rings is 3. The summed E-state index contributed by atoms with van der Waals surface area (Å²) < 4.78 is 27.6. The van der Waals surface area contributed by atoms with E-state index < -0.39 is 10.0 Å². The quantitative estimate of drug-likeness (QED) is 0.554. The van der Waals surface area contributed by atoms with E-state index in [4.69, 9.17) is 11.6 Å². The van der Waals surface area contributed by atoms with Crippen molar-refractivity contribution in [2.75, 3.05) is 21.5 Å². The van der Waals surface area contributed by atoms with Gasteiger partial charge in [0.05, 0.1) is 4.90 Å². The van der Waals surface area contributed by atoms with Crippen LogP contribution in [0, 0.1) is 0 Å². The van der Waals surface area contributed by atoms with Crippen LogP contribution in [-0.4, -0.2) is 26.8 Å². The summed E-state index contributed by atoms with van der Waals surface area (Å²) in [6.07, 6.45) is 1.34. The number of carbonyl (C=O) groups excluding carboxylic acids is 2. The summed E-state index contributed by atoms with van der Waals surface area (Å²) in [4.78, 5) is 26.3. The van der Waals surface area contributed by atoms with Gasteiger partial charge < -0.3 is 10.2 Å². The number of halogens is 1. The molecule has 3 aromatic rings. The second-order valence-corrected chi connectivity index (χ2v) is 9.41. The van der Waals surface area contributed by atoms with Crippen LogP contribution in [0.3, 0.4) is 0 Å². The van der Waals surface area contributed by atoms with Gasteiger partial charge in [0.1, 0.15) is 0 Å². The summed E-state index contributed by atoms with van der Waals surface area (Å²) >= 11 is 5.82. The summed E-state index contributed by atoms with van der Waals surface area (Å²) in [5.41, 5.74) is 1.97. The highest BCUT2D eigenvalue weighted by Gasteiger charge is 2.22. The van der Waals surface area contributed by atoms with Crippen molar-refractivity contribution in [3.8, 4) is 0 Å². The van der Waals surface area contributed by atoms with Crippen molar-refractivity contribution >= 4 is 50.5 Å². The van der Waals surface area contributed by atoms with E-state index in [9.17, 15) is 18.0 Å². The Bertz CT molecular complexity index is 1260. The van der Waals surface area contributed by atoms with Crippen LogP contribution in [0.15, 0.2) is 77.7 Å². The molecule has 1 heterocycles. The summed E-state index contributed by atoms with van der Waals surface area (Å²) in [6, 6.07) is 19.0. The molecule has 7 nitrogen and oxygen atoms in total. The lowest BCUT2D eigenvalue weighted by atomic mass is 10.2. The molecule has 2 N–H and O–H groups in total.